The van der Waals surface area contributed by atoms with E-state index in [2.05, 4.69) is 23.1 Å². The summed E-state index contributed by atoms with van der Waals surface area (Å²) in [6, 6.07) is 18.3. The van der Waals surface area contributed by atoms with E-state index in [9.17, 15) is 5.11 Å². The second kappa shape index (κ2) is 9.36. The molecular formula is C29H29ClN2O4. The van der Waals surface area contributed by atoms with Gasteiger partial charge >= 0.3 is 0 Å². The molecule has 6 rings (SSSR count). The minimum atomic E-state index is -0.0346. The number of hydrogen-bond acceptors (Lipinski definition) is 5. The smallest absolute Gasteiger partial charge is 0.162 e. The predicted molar refractivity (Wildman–Crippen MR) is 140 cm³/mol. The first kappa shape index (κ1) is 23.2. The van der Waals surface area contributed by atoms with E-state index in [0.29, 0.717) is 11.6 Å². The zero-order valence-electron chi connectivity index (χ0n) is 20.5. The Balaban J connectivity index is 1.37. The molecule has 0 fully saturated rings. The Labute approximate surface area is 215 Å². The fraction of sp³-hybridized carbons (Fsp3) is 0.310. The van der Waals surface area contributed by atoms with Crippen molar-refractivity contribution in [3.05, 3.63) is 87.6 Å². The lowest BCUT2D eigenvalue weighted by Gasteiger charge is -2.41. The zero-order valence-corrected chi connectivity index (χ0v) is 21.2. The summed E-state index contributed by atoms with van der Waals surface area (Å²) in [6.45, 7) is 2.16. The van der Waals surface area contributed by atoms with Crippen molar-refractivity contribution in [3.63, 3.8) is 0 Å². The molecule has 6 nitrogen and oxygen atoms in total. The number of benzene rings is 3. The molecule has 2 aliphatic rings. The molecule has 0 radical (unpaired) electrons. The van der Waals surface area contributed by atoms with E-state index in [0.717, 1.165) is 59.6 Å². The average molecular weight is 505 g/mol. The van der Waals surface area contributed by atoms with Crippen LogP contribution in [0.4, 0.5) is 0 Å². The Bertz CT molecular complexity index is 1430. The summed E-state index contributed by atoms with van der Waals surface area (Å²) in [5, 5.41) is 12.1. The molecule has 1 atom stereocenters. The highest BCUT2D eigenvalue weighted by Crippen LogP contribution is 2.45. The normalized spacial score (nSPS) is 16.8. The highest BCUT2D eigenvalue weighted by Gasteiger charge is 2.36. The van der Waals surface area contributed by atoms with E-state index in [4.69, 9.17) is 25.8 Å². The van der Waals surface area contributed by atoms with Crippen LogP contribution in [0.2, 0.25) is 5.02 Å². The standard InChI is InChI=1S/C29H29ClN2O4/c1-34-21-7-8-25-23(12-21)24-13-26-22-14-29(36-16-18-3-5-20(30)6-4-18)28(35-2)11-19(22)9-10-31(26)15-27(24)32(25)17-33/h3-8,11-12,14,26,33H,9-10,13,15-17H2,1-2H3. The van der Waals surface area contributed by atoms with E-state index >= 15 is 0 Å². The molecular weight excluding hydrogens is 476 g/mol. The van der Waals surface area contributed by atoms with Crippen LogP contribution in [0.15, 0.2) is 54.6 Å². The maximum absolute atomic E-state index is 10.2. The van der Waals surface area contributed by atoms with Crippen molar-refractivity contribution in [1.82, 2.24) is 9.47 Å². The van der Waals surface area contributed by atoms with Gasteiger partial charge in [0.2, 0.25) is 0 Å². The van der Waals surface area contributed by atoms with E-state index in [-0.39, 0.29) is 12.8 Å². The van der Waals surface area contributed by atoms with Crippen LogP contribution in [0, 0.1) is 0 Å². The maximum atomic E-state index is 10.2. The first-order chi connectivity index (χ1) is 17.6. The summed E-state index contributed by atoms with van der Waals surface area (Å²) in [5.41, 5.74) is 7.16. The largest absolute Gasteiger partial charge is 0.497 e. The predicted octanol–water partition coefficient (Wildman–Crippen LogP) is 5.50. The van der Waals surface area contributed by atoms with Gasteiger partial charge in [-0.1, -0.05) is 23.7 Å². The Hall–Kier alpha value is -3.19. The lowest BCUT2D eigenvalue weighted by Crippen LogP contribution is -2.39. The SMILES string of the molecule is COc1ccc2c(c1)c1c(n2CO)CN2CCc3cc(OC)c(OCc4ccc(Cl)cc4)cc3C2C1. The van der Waals surface area contributed by atoms with Crippen LogP contribution in [-0.4, -0.2) is 35.3 Å². The second-order valence-corrected chi connectivity index (χ2v) is 9.87. The third kappa shape index (κ3) is 3.90. The minimum Gasteiger partial charge on any atom is -0.497 e. The summed E-state index contributed by atoms with van der Waals surface area (Å²) in [5.74, 6) is 2.34. The van der Waals surface area contributed by atoms with E-state index in [1.807, 2.05) is 41.0 Å². The van der Waals surface area contributed by atoms with Gasteiger partial charge in [-0.25, -0.2) is 0 Å². The van der Waals surface area contributed by atoms with Gasteiger partial charge in [-0.05, 0) is 77.6 Å². The molecule has 0 aliphatic carbocycles. The molecule has 0 amide bonds. The van der Waals surface area contributed by atoms with Gasteiger partial charge in [0, 0.05) is 35.2 Å². The van der Waals surface area contributed by atoms with Gasteiger partial charge in [0.15, 0.2) is 11.5 Å². The molecule has 4 aromatic rings. The van der Waals surface area contributed by atoms with Gasteiger partial charge in [0.1, 0.15) is 19.1 Å². The molecule has 36 heavy (non-hydrogen) atoms. The molecule has 3 aromatic carbocycles. The zero-order chi connectivity index (χ0) is 24.8. The molecule has 7 heteroatoms. The molecule has 0 saturated carbocycles. The Morgan fingerprint density at radius 1 is 1.00 bits per heavy atom. The number of fused-ring (bicyclic) bond motifs is 6. The summed E-state index contributed by atoms with van der Waals surface area (Å²) >= 11 is 6.03. The van der Waals surface area contributed by atoms with E-state index < -0.39 is 0 Å². The lowest BCUT2D eigenvalue weighted by atomic mass is 9.85. The fourth-order valence-electron chi connectivity index (χ4n) is 5.74. The average Bonchev–Trinajstić information content (AvgIpc) is 3.22. The molecule has 2 aliphatic heterocycles. The number of aromatic nitrogens is 1. The van der Waals surface area contributed by atoms with E-state index in [1.165, 1.54) is 22.4 Å². The van der Waals surface area contributed by atoms with Crippen LogP contribution in [0.25, 0.3) is 10.9 Å². The Kier molecular flexibility index (Phi) is 6.04. The van der Waals surface area contributed by atoms with Crippen molar-refractivity contribution in [3.8, 4) is 17.2 Å². The monoisotopic (exact) mass is 504 g/mol. The molecule has 0 saturated heterocycles. The van der Waals surface area contributed by atoms with Gasteiger partial charge in [0.25, 0.3) is 0 Å². The van der Waals surface area contributed by atoms with Gasteiger partial charge in [-0.15, -0.1) is 0 Å². The summed E-state index contributed by atoms with van der Waals surface area (Å²) in [6.07, 6.45) is 1.81. The molecule has 0 bridgehead atoms. The van der Waals surface area contributed by atoms with Gasteiger partial charge < -0.3 is 23.9 Å². The quantitative estimate of drug-likeness (QED) is 0.376. The number of nitrogens with zero attached hydrogens (tertiary/aromatic N) is 2. The van der Waals surface area contributed by atoms with Gasteiger partial charge in [-0.3, -0.25) is 4.90 Å². The molecule has 1 N–H and O–H groups in total. The number of aliphatic hydroxyl groups is 1. The second-order valence-electron chi connectivity index (χ2n) is 9.44. The van der Waals surface area contributed by atoms with Crippen LogP contribution in [0.5, 0.6) is 17.2 Å². The van der Waals surface area contributed by atoms with Crippen molar-refractivity contribution >= 4 is 22.5 Å². The number of halogens is 1. The summed E-state index contributed by atoms with van der Waals surface area (Å²) in [7, 11) is 3.38. The molecule has 3 heterocycles. The molecule has 0 spiro atoms. The van der Waals surface area contributed by atoms with Crippen LogP contribution < -0.4 is 14.2 Å². The Morgan fingerprint density at radius 3 is 2.58 bits per heavy atom. The van der Waals surface area contributed by atoms with Crippen molar-refractivity contribution in [1.29, 1.82) is 0 Å². The number of hydrogen-bond donors (Lipinski definition) is 1. The third-order valence-electron chi connectivity index (χ3n) is 7.59. The topological polar surface area (TPSA) is 56.1 Å². The van der Waals surface area contributed by atoms with Crippen LogP contribution >= 0.6 is 11.6 Å². The van der Waals surface area contributed by atoms with Crippen molar-refractivity contribution in [2.75, 3.05) is 20.8 Å². The first-order valence-electron chi connectivity index (χ1n) is 12.2. The van der Waals surface area contributed by atoms with Gasteiger partial charge in [0.05, 0.1) is 19.7 Å². The van der Waals surface area contributed by atoms with Crippen LogP contribution in [0.3, 0.4) is 0 Å². The number of rotatable bonds is 6. The molecule has 1 aromatic heterocycles. The molecule has 1 unspecified atom stereocenters. The number of ether oxygens (including phenoxy) is 3. The van der Waals surface area contributed by atoms with Crippen molar-refractivity contribution in [2.24, 2.45) is 0 Å². The Morgan fingerprint density at radius 2 is 1.83 bits per heavy atom. The van der Waals surface area contributed by atoms with Crippen LogP contribution in [-0.2, 0) is 32.7 Å². The number of methoxy groups -OCH3 is 2. The highest BCUT2D eigenvalue weighted by atomic mass is 35.5. The third-order valence-corrected chi connectivity index (χ3v) is 7.84. The van der Waals surface area contributed by atoms with Gasteiger partial charge in [-0.2, -0.15) is 0 Å². The lowest BCUT2D eigenvalue weighted by molar-refractivity contribution is 0.145. The first-order valence-corrected chi connectivity index (χ1v) is 12.6. The molecule has 186 valence electrons. The van der Waals surface area contributed by atoms with Crippen molar-refractivity contribution < 1.29 is 19.3 Å². The summed E-state index contributed by atoms with van der Waals surface area (Å²) < 4.78 is 19.5. The fourth-order valence-corrected chi connectivity index (χ4v) is 5.87. The van der Waals surface area contributed by atoms with Crippen LogP contribution in [0.1, 0.15) is 34.0 Å². The summed E-state index contributed by atoms with van der Waals surface area (Å²) in [4.78, 5) is 2.52. The maximum Gasteiger partial charge on any atom is 0.162 e. The van der Waals surface area contributed by atoms with E-state index in [1.54, 1.807) is 14.2 Å². The van der Waals surface area contributed by atoms with Crippen molar-refractivity contribution in [2.45, 2.75) is 38.8 Å². The highest BCUT2D eigenvalue weighted by molar-refractivity contribution is 6.30. The number of aliphatic hydroxyl groups excluding tert-OH is 1. The minimum absolute atomic E-state index is 0.0346.